The van der Waals surface area contributed by atoms with E-state index in [0.29, 0.717) is 30.5 Å². The molecular formula is C15H19FN4. The van der Waals surface area contributed by atoms with Gasteiger partial charge in [-0.05, 0) is 38.0 Å². The molecule has 0 radical (unpaired) electrons. The third-order valence-electron chi connectivity index (χ3n) is 2.73. The zero-order valence-electron chi connectivity index (χ0n) is 11.7. The van der Waals surface area contributed by atoms with Crippen molar-refractivity contribution in [3.63, 3.8) is 0 Å². The van der Waals surface area contributed by atoms with Crippen LogP contribution in [0.2, 0.25) is 0 Å². The molecule has 0 saturated carbocycles. The van der Waals surface area contributed by atoms with Crippen LogP contribution >= 0.6 is 0 Å². The van der Waals surface area contributed by atoms with E-state index >= 15 is 0 Å². The van der Waals surface area contributed by atoms with Gasteiger partial charge in [-0.15, -0.1) is 0 Å². The number of nitrogens with one attached hydrogen (secondary N) is 2. The lowest BCUT2D eigenvalue weighted by Crippen LogP contribution is -2.13. The molecule has 0 aliphatic heterocycles. The molecule has 0 bridgehead atoms. The monoisotopic (exact) mass is 274 g/mol. The molecule has 0 spiro atoms. The summed E-state index contributed by atoms with van der Waals surface area (Å²) in [5.41, 5.74) is 0.691. The molecule has 0 fully saturated rings. The van der Waals surface area contributed by atoms with E-state index in [1.807, 2.05) is 26.0 Å². The second kappa shape index (κ2) is 6.84. The number of hydrogen-bond donors (Lipinski definition) is 2. The van der Waals surface area contributed by atoms with Gasteiger partial charge in [0.15, 0.2) is 0 Å². The van der Waals surface area contributed by atoms with Gasteiger partial charge in [-0.2, -0.15) is 4.98 Å². The fraction of sp³-hybridized carbons (Fsp3) is 0.333. The summed E-state index contributed by atoms with van der Waals surface area (Å²) in [6, 6.07) is 8.92. The lowest BCUT2D eigenvalue weighted by Gasteiger charge is -2.10. The van der Waals surface area contributed by atoms with Gasteiger partial charge in [0.05, 0.1) is 0 Å². The Morgan fingerprint density at radius 3 is 2.75 bits per heavy atom. The van der Waals surface area contributed by atoms with E-state index in [1.54, 1.807) is 18.3 Å². The first-order chi connectivity index (χ1) is 9.65. The summed E-state index contributed by atoms with van der Waals surface area (Å²) in [5.74, 6) is 1.15. The largest absolute Gasteiger partial charge is 0.368 e. The van der Waals surface area contributed by atoms with Gasteiger partial charge in [0, 0.05) is 18.8 Å². The van der Waals surface area contributed by atoms with Crippen molar-refractivity contribution < 1.29 is 4.39 Å². The highest BCUT2D eigenvalue weighted by Crippen LogP contribution is 2.09. The molecule has 0 unspecified atom stereocenters. The standard InChI is InChI=1S/C15H19FN4/c1-11(2)19-14-8-10-18-15(20-14)17-9-7-12-5-3-4-6-13(12)16/h3-6,8,10-11H,7,9H2,1-2H3,(H2,17,18,19,20). The second-order valence-electron chi connectivity index (χ2n) is 4.83. The molecule has 0 amide bonds. The van der Waals surface area contributed by atoms with Crippen LogP contribution in [0.1, 0.15) is 19.4 Å². The smallest absolute Gasteiger partial charge is 0.224 e. The number of anilines is 2. The Bertz CT molecular complexity index is 557. The minimum Gasteiger partial charge on any atom is -0.368 e. The average molecular weight is 274 g/mol. The predicted molar refractivity (Wildman–Crippen MR) is 79.4 cm³/mol. The molecule has 1 aromatic carbocycles. The highest BCUT2D eigenvalue weighted by atomic mass is 19.1. The fourth-order valence-electron chi connectivity index (χ4n) is 1.83. The summed E-state index contributed by atoms with van der Waals surface area (Å²) in [6.07, 6.45) is 2.29. The molecule has 2 aromatic rings. The maximum atomic E-state index is 13.5. The predicted octanol–water partition coefficient (Wildman–Crippen LogP) is 3.09. The van der Waals surface area contributed by atoms with Crippen molar-refractivity contribution in [2.45, 2.75) is 26.3 Å². The van der Waals surface area contributed by atoms with Crippen molar-refractivity contribution in [3.8, 4) is 0 Å². The molecule has 1 aromatic heterocycles. The van der Waals surface area contributed by atoms with Gasteiger partial charge in [-0.25, -0.2) is 9.37 Å². The van der Waals surface area contributed by atoms with Gasteiger partial charge in [-0.1, -0.05) is 18.2 Å². The molecule has 0 aliphatic carbocycles. The Morgan fingerprint density at radius 1 is 1.20 bits per heavy atom. The first-order valence-corrected chi connectivity index (χ1v) is 6.72. The Balaban J connectivity index is 1.89. The summed E-state index contributed by atoms with van der Waals surface area (Å²) in [4.78, 5) is 8.48. The quantitative estimate of drug-likeness (QED) is 0.850. The van der Waals surface area contributed by atoms with Crippen LogP contribution in [0, 0.1) is 5.82 Å². The van der Waals surface area contributed by atoms with E-state index in [-0.39, 0.29) is 5.82 Å². The van der Waals surface area contributed by atoms with Gasteiger partial charge in [0.1, 0.15) is 11.6 Å². The zero-order valence-corrected chi connectivity index (χ0v) is 11.7. The highest BCUT2D eigenvalue weighted by Gasteiger charge is 2.02. The minimum absolute atomic E-state index is 0.176. The van der Waals surface area contributed by atoms with E-state index in [1.165, 1.54) is 6.07 Å². The van der Waals surface area contributed by atoms with E-state index in [4.69, 9.17) is 0 Å². The maximum absolute atomic E-state index is 13.5. The van der Waals surface area contributed by atoms with Crippen LogP contribution in [0.3, 0.4) is 0 Å². The van der Waals surface area contributed by atoms with Gasteiger partial charge >= 0.3 is 0 Å². The first kappa shape index (κ1) is 14.2. The van der Waals surface area contributed by atoms with Crippen LogP contribution in [-0.2, 0) is 6.42 Å². The highest BCUT2D eigenvalue weighted by molar-refractivity contribution is 5.40. The number of hydrogen-bond acceptors (Lipinski definition) is 4. The molecule has 0 atom stereocenters. The minimum atomic E-state index is -0.176. The zero-order chi connectivity index (χ0) is 14.4. The Hall–Kier alpha value is -2.17. The van der Waals surface area contributed by atoms with Crippen molar-refractivity contribution in [1.82, 2.24) is 9.97 Å². The summed E-state index contributed by atoms with van der Waals surface area (Å²) in [5, 5.41) is 6.32. The van der Waals surface area contributed by atoms with Crippen LogP contribution < -0.4 is 10.6 Å². The number of aromatic nitrogens is 2. The Labute approximate surface area is 118 Å². The molecule has 2 rings (SSSR count). The molecule has 0 saturated heterocycles. The van der Waals surface area contributed by atoms with Crippen molar-refractivity contribution in [3.05, 3.63) is 47.9 Å². The summed E-state index contributed by atoms with van der Waals surface area (Å²) >= 11 is 0. The third kappa shape index (κ3) is 4.19. The molecule has 20 heavy (non-hydrogen) atoms. The number of halogens is 1. The maximum Gasteiger partial charge on any atom is 0.224 e. The lowest BCUT2D eigenvalue weighted by atomic mass is 10.1. The van der Waals surface area contributed by atoms with Crippen molar-refractivity contribution >= 4 is 11.8 Å². The van der Waals surface area contributed by atoms with Crippen molar-refractivity contribution in [1.29, 1.82) is 0 Å². The summed E-state index contributed by atoms with van der Waals surface area (Å²) < 4.78 is 13.5. The number of benzene rings is 1. The third-order valence-corrected chi connectivity index (χ3v) is 2.73. The Morgan fingerprint density at radius 2 is 2.00 bits per heavy atom. The van der Waals surface area contributed by atoms with E-state index in [2.05, 4.69) is 20.6 Å². The summed E-state index contributed by atoms with van der Waals surface area (Å²) in [6.45, 7) is 4.69. The number of nitrogens with zero attached hydrogens (tertiary/aromatic N) is 2. The van der Waals surface area contributed by atoms with Crippen LogP contribution in [0.25, 0.3) is 0 Å². The Kier molecular flexibility index (Phi) is 4.87. The van der Waals surface area contributed by atoms with E-state index < -0.39 is 0 Å². The summed E-state index contributed by atoms with van der Waals surface area (Å²) in [7, 11) is 0. The molecule has 4 nitrogen and oxygen atoms in total. The van der Waals surface area contributed by atoms with Crippen molar-refractivity contribution in [2.24, 2.45) is 0 Å². The van der Waals surface area contributed by atoms with E-state index in [0.717, 1.165) is 5.82 Å². The van der Waals surface area contributed by atoms with Gasteiger partial charge < -0.3 is 10.6 Å². The van der Waals surface area contributed by atoms with E-state index in [9.17, 15) is 4.39 Å². The molecule has 106 valence electrons. The van der Waals surface area contributed by atoms with Crippen LogP contribution in [-0.4, -0.2) is 22.6 Å². The van der Waals surface area contributed by atoms with Crippen LogP contribution in [0.5, 0.6) is 0 Å². The first-order valence-electron chi connectivity index (χ1n) is 6.72. The van der Waals surface area contributed by atoms with Crippen LogP contribution in [0.15, 0.2) is 36.5 Å². The molecule has 0 aliphatic rings. The average Bonchev–Trinajstić information content (AvgIpc) is 2.41. The number of rotatable bonds is 6. The van der Waals surface area contributed by atoms with Crippen molar-refractivity contribution in [2.75, 3.05) is 17.2 Å². The topological polar surface area (TPSA) is 49.8 Å². The van der Waals surface area contributed by atoms with Crippen LogP contribution in [0.4, 0.5) is 16.2 Å². The van der Waals surface area contributed by atoms with Gasteiger partial charge in [0.25, 0.3) is 0 Å². The normalized spacial score (nSPS) is 10.6. The lowest BCUT2D eigenvalue weighted by molar-refractivity contribution is 0.610. The molecule has 5 heteroatoms. The fourth-order valence-corrected chi connectivity index (χ4v) is 1.83. The second-order valence-corrected chi connectivity index (χ2v) is 4.83. The van der Waals surface area contributed by atoms with Gasteiger partial charge in [-0.3, -0.25) is 0 Å². The SMILES string of the molecule is CC(C)Nc1ccnc(NCCc2ccccc2F)n1. The molecule has 2 N–H and O–H groups in total. The molecular weight excluding hydrogens is 255 g/mol. The van der Waals surface area contributed by atoms with Gasteiger partial charge in [0.2, 0.25) is 5.95 Å². The molecule has 1 heterocycles.